The van der Waals surface area contributed by atoms with E-state index in [4.69, 9.17) is 11.6 Å². The Balaban J connectivity index is 1.75. The number of hydrogen-bond donors (Lipinski definition) is 4. The number of anilines is 1. The standard InChI is InChI=1S/C16H12BrClN6O3/c17-12-13(16(26)20-11-5-6-19-7-8-24(11)27)22-23-14(12)21-15(25)9-3-1-2-4-10(9)18/h1-8,27H,(H,20,26)(H2,21,22,23,25). The van der Waals surface area contributed by atoms with Crippen LogP contribution in [0.1, 0.15) is 20.8 Å². The maximum atomic E-state index is 12.4. The molecule has 4 N–H and O–H groups in total. The van der Waals surface area contributed by atoms with Crippen molar-refractivity contribution in [2.24, 2.45) is 4.99 Å². The molecule has 0 aliphatic carbocycles. The van der Waals surface area contributed by atoms with Crippen molar-refractivity contribution < 1.29 is 14.8 Å². The minimum Gasteiger partial charge on any atom is -0.305 e. The largest absolute Gasteiger partial charge is 0.305 e. The number of hydroxylamine groups is 2. The van der Waals surface area contributed by atoms with Gasteiger partial charge in [-0.3, -0.25) is 24.9 Å². The van der Waals surface area contributed by atoms with E-state index in [1.54, 1.807) is 24.3 Å². The Morgan fingerprint density at radius 1 is 1.22 bits per heavy atom. The van der Waals surface area contributed by atoms with Gasteiger partial charge in [-0.15, -0.1) is 0 Å². The molecule has 0 saturated carbocycles. The molecule has 1 aromatic heterocycles. The zero-order valence-electron chi connectivity index (χ0n) is 13.5. The van der Waals surface area contributed by atoms with Crippen LogP contribution in [0.5, 0.6) is 0 Å². The molecule has 0 saturated heterocycles. The van der Waals surface area contributed by atoms with Crippen LogP contribution < -0.4 is 10.6 Å². The molecule has 3 rings (SSSR count). The summed E-state index contributed by atoms with van der Waals surface area (Å²) in [5, 5.41) is 22.3. The van der Waals surface area contributed by atoms with Crippen molar-refractivity contribution in [3.05, 3.63) is 69.3 Å². The Kier molecular flexibility index (Phi) is 5.69. The lowest BCUT2D eigenvalue weighted by Crippen LogP contribution is -2.31. The van der Waals surface area contributed by atoms with E-state index in [1.807, 2.05) is 0 Å². The molecule has 2 aromatic rings. The Morgan fingerprint density at radius 3 is 2.78 bits per heavy atom. The van der Waals surface area contributed by atoms with Gasteiger partial charge in [-0.2, -0.15) is 5.10 Å². The Bertz CT molecular complexity index is 984. The first-order chi connectivity index (χ1) is 13.0. The van der Waals surface area contributed by atoms with Crippen molar-refractivity contribution in [1.29, 1.82) is 0 Å². The number of rotatable bonds is 4. The van der Waals surface area contributed by atoms with Crippen LogP contribution in [0.15, 0.2) is 58.0 Å². The van der Waals surface area contributed by atoms with E-state index in [9.17, 15) is 14.8 Å². The number of allylic oxidation sites excluding steroid dienone is 1. The quantitative estimate of drug-likeness (QED) is 0.569. The van der Waals surface area contributed by atoms with Crippen molar-refractivity contribution in [3.8, 4) is 0 Å². The Morgan fingerprint density at radius 2 is 2.00 bits per heavy atom. The van der Waals surface area contributed by atoms with Gasteiger partial charge < -0.3 is 10.6 Å². The number of amides is 2. The third kappa shape index (κ3) is 4.25. The van der Waals surface area contributed by atoms with Crippen molar-refractivity contribution in [2.45, 2.75) is 0 Å². The average Bonchev–Trinajstić information content (AvgIpc) is 2.88. The molecular formula is C16H12BrClN6O3. The summed E-state index contributed by atoms with van der Waals surface area (Å²) in [5.41, 5.74) is 0.314. The molecule has 0 radical (unpaired) electrons. The SMILES string of the molecule is O=C(Nc1n[nH]c(C(=O)NC2=CC=NC=CN2O)c1Br)c1ccccc1Cl. The number of aliphatic imine (C=N–C) groups is 1. The van der Waals surface area contributed by atoms with Crippen LogP contribution in [-0.4, -0.2) is 38.5 Å². The molecule has 2 heterocycles. The number of H-pyrrole nitrogens is 1. The zero-order chi connectivity index (χ0) is 19.4. The van der Waals surface area contributed by atoms with Crippen molar-refractivity contribution >= 4 is 51.4 Å². The highest BCUT2D eigenvalue weighted by Crippen LogP contribution is 2.25. The number of nitrogens with one attached hydrogen (secondary N) is 3. The number of carbonyl (C=O) groups is 2. The van der Waals surface area contributed by atoms with Gasteiger partial charge in [0.25, 0.3) is 11.8 Å². The first-order valence-electron chi connectivity index (χ1n) is 7.46. The minimum atomic E-state index is -0.596. The molecule has 9 nitrogen and oxygen atoms in total. The van der Waals surface area contributed by atoms with E-state index in [-0.39, 0.29) is 32.4 Å². The topological polar surface area (TPSA) is 123 Å². The van der Waals surface area contributed by atoms with Crippen LogP contribution in [0.2, 0.25) is 5.02 Å². The first-order valence-corrected chi connectivity index (χ1v) is 8.64. The summed E-state index contributed by atoms with van der Waals surface area (Å²) >= 11 is 9.23. The Hall–Kier alpha value is -2.95. The van der Waals surface area contributed by atoms with Crippen molar-refractivity contribution in [3.63, 3.8) is 0 Å². The normalized spacial score (nSPS) is 13.1. The molecule has 0 fully saturated rings. The van der Waals surface area contributed by atoms with Gasteiger partial charge >= 0.3 is 0 Å². The lowest BCUT2D eigenvalue weighted by Gasteiger charge is -2.15. The molecule has 1 aliphatic heterocycles. The summed E-state index contributed by atoms with van der Waals surface area (Å²) < 4.78 is 0.239. The number of hydrogen-bond acceptors (Lipinski definition) is 6. The summed E-state index contributed by atoms with van der Waals surface area (Å²) in [4.78, 5) is 28.6. The summed E-state index contributed by atoms with van der Waals surface area (Å²) in [6.07, 6.45) is 5.42. The fraction of sp³-hybridized carbons (Fsp3) is 0. The van der Waals surface area contributed by atoms with Gasteiger partial charge in [0.05, 0.1) is 21.3 Å². The maximum absolute atomic E-state index is 12.4. The minimum absolute atomic E-state index is 0.0453. The second-order valence-electron chi connectivity index (χ2n) is 5.14. The lowest BCUT2D eigenvalue weighted by atomic mass is 10.2. The van der Waals surface area contributed by atoms with Gasteiger partial charge in [-0.25, -0.2) is 5.06 Å². The highest BCUT2D eigenvalue weighted by atomic mass is 79.9. The monoisotopic (exact) mass is 450 g/mol. The average molecular weight is 452 g/mol. The number of aromatic amines is 1. The van der Waals surface area contributed by atoms with Crippen LogP contribution in [0, 0.1) is 0 Å². The fourth-order valence-electron chi connectivity index (χ4n) is 2.08. The van der Waals surface area contributed by atoms with Crippen LogP contribution in [0.3, 0.4) is 0 Å². The van der Waals surface area contributed by atoms with Crippen LogP contribution in [-0.2, 0) is 0 Å². The third-order valence-electron chi connectivity index (χ3n) is 3.39. The van der Waals surface area contributed by atoms with Gasteiger partial charge in [0.15, 0.2) is 5.82 Å². The predicted molar refractivity (Wildman–Crippen MR) is 102 cm³/mol. The van der Waals surface area contributed by atoms with E-state index < -0.39 is 11.8 Å². The number of halogens is 2. The van der Waals surface area contributed by atoms with Crippen molar-refractivity contribution in [2.75, 3.05) is 5.32 Å². The molecule has 0 atom stereocenters. The van der Waals surface area contributed by atoms with Gasteiger partial charge in [-0.1, -0.05) is 23.7 Å². The molecule has 1 aliphatic rings. The zero-order valence-corrected chi connectivity index (χ0v) is 15.8. The number of nitrogens with zero attached hydrogens (tertiary/aromatic N) is 3. The van der Waals surface area contributed by atoms with Crippen LogP contribution >= 0.6 is 27.5 Å². The molecule has 138 valence electrons. The summed E-state index contributed by atoms with van der Waals surface area (Å²) in [6, 6.07) is 6.54. The lowest BCUT2D eigenvalue weighted by molar-refractivity contribution is -0.0105. The maximum Gasteiger partial charge on any atom is 0.276 e. The molecule has 27 heavy (non-hydrogen) atoms. The van der Waals surface area contributed by atoms with E-state index in [1.165, 1.54) is 24.7 Å². The summed E-state index contributed by atoms with van der Waals surface area (Å²) in [6.45, 7) is 0. The van der Waals surface area contributed by atoms with E-state index in [2.05, 4.69) is 41.8 Å². The number of aromatic nitrogens is 2. The molecule has 0 spiro atoms. The highest BCUT2D eigenvalue weighted by Gasteiger charge is 2.21. The Labute approximate surface area is 166 Å². The van der Waals surface area contributed by atoms with E-state index in [0.717, 1.165) is 0 Å². The second-order valence-corrected chi connectivity index (χ2v) is 6.34. The summed E-state index contributed by atoms with van der Waals surface area (Å²) in [5.74, 6) is -0.876. The van der Waals surface area contributed by atoms with Crippen molar-refractivity contribution in [1.82, 2.24) is 20.6 Å². The number of benzene rings is 1. The molecule has 0 unspecified atom stereocenters. The van der Waals surface area contributed by atoms with Crippen LogP contribution in [0.4, 0.5) is 5.82 Å². The molecule has 2 amide bonds. The smallest absolute Gasteiger partial charge is 0.276 e. The van der Waals surface area contributed by atoms with Gasteiger partial charge in [0.1, 0.15) is 11.5 Å². The summed E-state index contributed by atoms with van der Waals surface area (Å²) in [7, 11) is 0. The third-order valence-corrected chi connectivity index (χ3v) is 4.49. The second kappa shape index (κ2) is 8.16. The predicted octanol–water partition coefficient (Wildman–Crippen LogP) is 2.90. The van der Waals surface area contributed by atoms with Gasteiger partial charge in [0.2, 0.25) is 0 Å². The van der Waals surface area contributed by atoms with Gasteiger partial charge in [0, 0.05) is 12.4 Å². The number of carbonyl (C=O) groups excluding carboxylic acids is 2. The molecule has 1 aromatic carbocycles. The van der Waals surface area contributed by atoms with Crippen LogP contribution in [0.25, 0.3) is 0 Å². The molecular weight excluding hydrogens is 440 g/mol. The fourth-order valence-corrected chi connectivity index (χ4v) is 2.76. The first kappa shape index (κ1) is 18.8. The highest BCUT2D eigenvalue weighted by molar-refractivity contribution is 9.10. The molecule has 11 heteroatoms. The van der Waals surface area contributed by atoms with Gasteiger partial charge in [-0.05, 0) is 34.1 Å². The van der Waals surface area contributed by atoms with E-state index in [0.29, 0.717) is 5.06 Å². The molecule has 0 bridgehead atoms. The van der Waals surface area contributed by atoms with E-state index >= 15 is 0 Å².